The number of fused-ring (bicyclic) bond motifs is 1. The third-order valence-electron chi connectivity index (χ3n) is 3.23. The van der Waals surface area contributed by atoms with Crippen molar-refractivity contribution in [3.8, 4) is 0 Å². The lowest BCUT2D eigenvalue weighted by atomic mass is 10.1. The monoisotopic (exact) mass is 315 g/mol. The van der Waals surface area contributed by atoms with Crippen LogP contribution in [-0.2, 0) is 6.42 Å². The van der Waals surface area contributed by atoms with Crippen LogP contribution in [-0.4, -0.2) is 10.8 Å². The van der Waals surface area contributed by atoms with Gasteiger partial charge in [0.15, 0.2) is 5.78 Å². The van der Waals surface area contributed by atoms with Gasteiger partial charge in [-0.25, -0.2) is 0 Å². The van der Waals surface area contributed by atoms with Crippen molar-refractivity contribution in [1.29, 1.82) is 0 Å². The molecule has 0 aliphatic heterocycles. The van der Waals surface area contributed by atoms with Crippen molar-refractivity contribution in [3.05, 3.63) is 75.9 Å². The van der Waals surface area contributed by atoms with Gasteiger partial charge in [-0.2, -0.15) is 0 Å². The van der Waals surface area contributed by atoms with E-state index in [-0.39, 0.29) is 12.2 Å². The Balaban J connectivity index is 1.90. The molecule has 0 amide bonds. The number of nitrogens with zero attached hydrogens (tertiary/aromatic N) is 1. The summed E-state index contributed by atoms with van der Waals surface area (Å²) in [5.41, 5.74) is 2.02. The molecule has 0 aliphatic rings. The van der Waals surface area contributed by atoms with Crippen molar-refractivity contribution in [3.63, 3.8) is 0 Å². The third kappa shape index (κ3) is 3.07. The van der Waals surface area contributed by atoms with E-state index in [0.29, 0.717) is 15.6 Å². The quantitative estimate of drug-likeness (QED) is 0.639. The van der Waals surface area contributed by atoms with Crippen molar-refractivity contribution in [1.82, 2.24) is 4.98 Å². The van der Waals surface area contributed by atoms with Crippen LogP contribution in [0.3, 0.4) is 0 Å². The molecular formula is C17H11Cl2NO. The molecule has 0 saturated carbocycles. The lowest BCUT2D eigenvalue weighted by molar-refractivity contribution is 0.0992. The zero-order valence-corrected chi connectivity index (χ0v) is 12.5. The summed E-state index contributed by atoms with van der Waals surface area (Å²) in [6.45, 7) is 0. The van der Waals surface area contributed by atoms with Gasteiger partial charge in [0.2, 0.25) is 0 Å². The highest BCUT2D eigenvalue weighted by Gasteiger charge is 2.12. The Labute approximate surface area is 132 Å². The smallest absolute Gasteiger partial charge is 0.170 e. The van der Waals surface area contributed by atoms with E-state index in [0.717, 1.165) is 16.6 Å². The van der Waals surface area contributed by atoms with Crippen LogP contribution in [0.1, 0.15) is 16.1 Å². The second kappa shape index (κ2) is 5.84. The predicted molar refractivity (Wildman–Crippen MR) is 86.2 cm³/mol. The molecule has 4 heteroatoms. The Kier molecular flexibility index (Phi) is 3.91. The van der Waals surface area contributed by atoms with Crippen LogP contribution >= 0.6 is 23.2 Å². The van der Waals surface area contributed by atoms with Gasteiger partial charge in [-0.1, -0.05) is 47.5 Å². The first-order chi connectivity index (χ1) is 10.1. The standard InChI is InChI=1S/C17H11Cl2NO/c18-12-6-8-15(19)14(9-12)17(21)10-13-7-5-11-3-1-2-4-16(11)20-13/h1-9H,10H2. The van der Waals surface area contributed by atoms with E-state index in [1.165, 1.54) is 0 Å². The second-order valence-electron chi connectivity index (χ2n) is 4.72. The molecule has 1 heterocycles. The van der Waals surface area contributed by atoms with Crippen LogP contribution in [0.25, 0.3) is 10.9 Å². The van der Waals surface area contributed by atoms with E-state index in [2.05, 4.69) is 4.98 Å². The zero-order valence-electron chi connectivity index (χ0n) is 11.0. The molecule has 0 unspecified atom stereocenters. The Bertz CT molecular complexity index is 830. The molecule has 2 nitrogen and oxygen atoms in total. The molecule has 0 atom stereocenters. The lowest BCUT2D eigenvalue weighted by Crippen LogP contribution is -2.06. The molecule has 0 N–H and O–H groups in total. The fraction of sp³-hybridized carbons (Fsp3) is 0.0588. The van der Waals surface area contributed by atoms with Gasteiger partial charge in [0.1, 0.15) is 0 Å². The maximum absolute atomic E-state index is 12.3. The molecule has 0 fully saturated rings. The number of rotatable bonds is 3. The van der Waals surface area contributed by atoms with Crippen LogP contribution in [0, 0.1) is 0 Å². The van der Waals surface area contributed by atoms with Gasteiger partial charge >= 0.3 is 0 Å². The minimum absolute atomic E-state index is 0.0923. The van der Waals surface area contributed by atoms with Gasteiger partial charge in [-0.15, -0.1) is 0 Å². The minimum atomic E-state index is -0.0923. The molecule has 21 heavy (non-hydrogen) atoms. The molecule has 0 spiro atoms. The normalized spacial score (nSPS) is 10.8. The Morgan fingerprint density at radius 1 is 1.00 bits per heavy atom. The van der Waals surface area contributed by atoms with Crippen molar-refractivity contribution < 1.29 is 4.79 Å². The van der Waals surface area contributed by atoms with Crippen LogP contribution in [0.15, 0.2) is 54.6 Å². The SMILES string of the molecule is O=C(Cc1ccc2ccccc2n1)c1cc(Cl)ccc1Cl. The van der Waals surface area contributed by atoms with Crippen molar-refractivity contribution in [2.24, 2.45) is 0 Å². The predicted octanol–water partition coefficient (Wildman–Crippen LogP) is 4.97. The molecule has 104 valence electrons. The molecule has 3 aromatic rings. The zero-order chi connectivity index (χ0) is 14.8. The Morgan fingerprint density at radius 2 is 1.81 bits per heavy atom. The number of carbonyl (C=O) groups is 1. The van der Waals surface area contributed by atoms with Crippen molar-refractivity contribution in [2.45, 2.75) is 6.42 Å². The lowest BCUT2D eigenvalue weighted by Gasteiger charge is -2.05. The number of benzene rings is 2. The first-order valence-electron chi connectivity index (χ1n) is 6.46. The summed E-state index contributed by atoms with van der Waals surface area (Å²) in [7, 11) is 0. The summed E-state index contributed by atoms with van der Waals surface area (Å²) >= 11 is 12.0. The first kappa shape index (κ1) is 14.1. The van der Waals surface area contributed by atoms with Gasteiger partial charge in [0.05, 0.1) is 17.0 Å². The van der Waals surface area contributed by atoms with E-state index in [1.807, 2.05) is 36.4 Å². The molecule has 0 radical (unpaired) electrons. The maximum atomic E-state index is 12.3. The van der Waals surface area contributed by atoms with Crippen LogP contribution < -0.4 is 0 Å². The van der Waals surface area contributed by atoms with Gasteiger partial charge in [0, 0.05) is 21.7 Å². The van der Waals surface area contributed by atoms with Crippen LogP contribution in [0.4, 0.5) is 0 Å². The number of pyridine rings is 1. The molecule has 0 aliphatic carbocycles. The van der Waals surface area contributed by atoms with Crippen molar-refractivity contribution in [2.75, 3.05) is 0 Å². The summed E-state index contributed by atoms with van der Waals surface area (Å²) in [6, 6.07) is 16.5. The van der Waals surface area contributed by atoms with Gasteiger partial charge in [-0.3, -0.25) is 9.78 Å². The highest BCUT2D eigenvalue weighted by atomic mass is 35.5. The molecule has 3 rings (SSSR count). The number of carbonyl (C=O) groups excluding carboxylic acids is 1. The van der Waals surface area contributed by atoms with Gasteiger partial charge in [0.25, 0.3) is 0 Å². The average Bonchev–Trinajstić information content (AvgIpc) is 2.49. The fourth-order valence-electron chi connectivity index (χ4n) is 2.18. The number of para-hydroxylation sites is 1. The molecule has 1 aromatic heterocycles. The van der Waals surface area contributed by atoms with E-state index in [1.54, 1.807) is 18.2 Å². The summed E-state index contributed by atoms with van der Waals surface area (Å²) in [5, 5.41) is 1.95. The summed E-state index contributed by atoms with van der Waals surface area (Å²) in [4.78, 5) is 16.8. The van der Waals surface area contributed by atoms with Gasteiger partial charge in [-0.05, 0) is 30.3 Å². The van der Waals surface area contributed by atoms with Gasteiger partial charge < -0.3 is 0 Å². The fourth-order valence-corrected chi connectivity index (χ4v) is 2.57. The summed E-state index contributed by atoms with van der Waals surface area (Å²) in [5.74, 6) is -0.0923. The largest absolute Gasteiger partial charge is 0.294 e. The van der Waals surface area contributed by atoms with E-state index < -0.39 is 0 Å². The Hall–Kier alpha value is -1.90. The minimum Gasteiger partial charge on any atom is -0.294 e. The Morgan fingerprint density at radius 3 is 2.67 bits per heavy atom. The number of Topliss-reactive ketones (excluding diaryl/α,β-unsaturated/α-hetero) is 1. The highest BCUT2D eigenvalue weighted by molar-refractivity contribution is 6.35. The number of aromatic nitrogens is 1. The molecule has 0 bridgehead atoms. The topological polar surface area (TPSA) is 30.0 Å². The summed E-state index contributed by atoms with van der Waals surface area (Å²) in [6.07, 6.45) is 0.199. The maximum Gasteiger partial charge on any atom is 0.170 e. The second-order valence-corrected chi connectivity index (χ2v) is 5.56. The highest BCUT2D eigenvalue weighted by Crippen LogP contribution is 2.22. The number of hydrogen-bond donors (Lipinski definition) is 0. The molecule has 0 saturated heterocycles. The molecular weight excluding hydrogens is 305 g/mol. The number of ketones is 1. The first-order valence-corrected chi connectivity index (χ1v) is 7.22. The average molecular weight is 316 g/mol. The van der Waals surface area contributed by atoms with E-state index >= 15 is 0 Å². The van der Waals surface area contributed by atoms with Crippen LogP contribution in [0.5, 0.6) is 0 Å². The summed E-state index contributed by atoms with van der Waals surface area (Å²) < 4.78 is 0. The molecule has 2 aromatic carbocycles. The third-order valence-corrected chi connectivity index (χ3v) is 3.79. The van der Waals surface area contributed by atoms with Crippen LogP contribution in [0.2, 0.25) is 10.0 Å². The van der Waals surface area contributed by atoms with Crippen molar-refractivity contribution >= 4 is 39.9 Å². The van der Waals surface area contributed by atoms with E-state index in [4.69, 9.17) is 23.2 Å². The van der Waals surface area contributed by atoms with E-state index in [9.17, 15) is 4.79 Å². The number of hydrogen-bond acceptors (Lipinski definition) is 2. The number of halogens is 2.